The second kappa shape index (κ2) is 6.07. The summed E-state index contributed by atoms with van der Waals surface area (Å²) in [4.78, 5) is 11.4. The number of carbonyl (C=O) groups excluding carboxylic acids is 1. The number of hydrazine groups is 1. The third-order valence-electron chi connectivity index (χ3n) is 3.61. The number of halogens is 3. The van der Waals surface area contributed by atoms with Gasteiger partial charge in [0, 0.05) is 20.5 Å². The van der Waals surface area contributed by atoms with Gasteiger partial charge in [0.2, 0.25) is 11.8 Å². The second-order valence-corrected chi connectivity index (χ2v) is 5.21. The quantitative estimate of drug-likeness (QED) is 0.789. The molecule has 2 unspecified atom stereocenters. The molecule has 1 amide bonds. The Hall–Kier alpha value is -0.900. The Morgan fingerprint density at radius 2 is 1.90 bits per heavy atom. The molecule has 122 valence electrons. The lowest BCUT2D eigenvalue weighted by Gasteiger charge is -2.45. The number of alkyl halides is 3. The molecule has 0 aromatic carbocycles. The van der Waals surface area contributed by atoms with E-state index in [1.165, 1.54) is 13.8 Å². The second-order valence-electron chi connectivity index (χ2n) is 5.21. The number of nitrogens with zero attached hydrogens (tertiary/aromatic N) is 1. The smallest absolute Gasteiger partial charge is 0.381 e. The number of hydrogen-bond acceptors (Lipinski definition) is 5. The molecule has 2 aliphatic rings. The van der Waals surface area contributed by atoms with Crippen molar-refractivity contribution in [1.82, 2.24) is 10.4 Å². The van der Waals surface area contributed by atoms with E-state index in [4.69, 9.17) is 14.2 Å². The molecule has 1 N–H and O–H groups in total. The maximum Gasteiger partial charge on any atom is 0.395 e. The van der Waals surface area contributed by atoms with Crippen LogP contribution in [0.15, 0.2) is 0 Å². The van der Waals surface area contributed by atoms with E-state index in [2.05, 4.69) is 5.43 Å². The third-order valence-corrected chi connectivity index (χ3v) is 3.61. The van der Waals surface area contributed by atoms with Crippen LogP contribution in [0.25, 0.3) is 0 Å². The predicted octanol–water partition coefficient (Wildman–Crippen LogP) is 1.03. The fourth-order valence-corrected chi connectivity index (χ4v) is 2.65. The van der Waals surface area contributed by atoms with Gasteiger partial charge in [0.15, 0.2) is 0 Å². The topological polar surface area (TPSA) is 60.0 Å². The number of hydrogen-bond donors (Lipinski definition) is 1. The van der Waals surface area contributed by atoms with Crippen LogP contribution in [0.4, 0.5) is 13.2 Å². The summed E-state index contributed by atoms with van der Waals surface area (Å²) < 4.78 is 55.3. The van der Waals surface area contributed by atoms with Crippen LogP contribution in [0, 0.1) is 5.92 Å². The number of amides is 1. The molecule has 2 fully saturated rings. The maximum absolute atomic E-state index is 13.2. The molecule has 2 saturated heterocycles. The zero-order valence-electron chi connectivity index (χ0n) is 11.9. The summed E-state index contributed by atoms with van der Waals surface area (Å²) in [5, 5.41) is 1.14. The van der Waals surface area contributed by atoms with E-state index < -0.39 is 36.6 Å². The van der Waals surface area contributed by atoms with Crippen molar-refractivity contribution in [3.63, 3.8) is 0 Å². The van der Waals surface area contributed by atoms with E-state index in [0.29, 0.717) is 0 Å². The summed E-state index contributed by atoms with van der Waals surface area (Å²) in [5.74, 6) is -3.61. The first-order chi connectivity index (χ1) is 9.74. The predicted molar refractivity (Wildman–Crippen MR) is 64.7 cm³/mol. The van der Waals surface area contributed by atoms with Crippen LogP contribution < -0.4 is 5.43 Å². The van der Waals surface area contributed by atoms with E-state index in [-0.39, 0.29) is 26.2 Å². The third kappa shape index (κ3) is 3.65. The monoisotopic (exact) mass is 312 g/mol. The molecular formula is C12H19F3N2O4. The van der Waals surface area contributed by atoms with Gasteiger partial charge in [0.25, 0.3) is 0 Å². The first-order valence-corrected chi connectivity index (χ1v) is 6.73. The van der Waals surface area contributed by atoms with Crippen molar-refractivity contribution in [3.05, 3.63) is 0 Å². The van der Waals surface area contributed by atoms with E-state index in [0.717, 1.165) is 5.01 Å². The molecule has 2 aliphatic heterocycles. The van der Waals surface area contributed by atoms with Crippen molar-refractivity contribution in [2.45, 2.75) is 38.4 Å². The zero-order chi connectivity index (χ0) is 15.7. The van der Waals surface area contributed by atoms with Crippen LogP contribution in [0.1, 0.15) is 20.3 Å². The lowest BCUT2D eigenvalue weighted by molar-refractivity contribution is -0.303. The highest BCUT2D eigenvalue weighted by molar-refractivity contribution is 5.72. The van der Waals surface area contributed by atoms with Crippen molar-refractivity contribution in [2.24, 2.45) is 5.92 Å². The molecule has 2 heterocycles. The number of nitrogens with one attached hydrogen (secondary N) is 1. The molecule has 0 spiro atoms. The average molecular weight is 312 g/mol. The minimum atomic E-state index is -4.43. The highest BCUT2D eigenvalue weighted by atomic mass is 19.4. The summed E-state index contributed by atoms with van der Waals surface area (Å²) in [6.45, 7) is 2.98. The van der Waals surface area contributed by atoms with Gasteiger partial charge in [-0.05, 0) is 6.42 Å². The normalized spacial score (nSPS) is 29.6. The molecule has 0 aromatic heterocycles. The van der Waals surface area contributed by atoms with Gasteiger partial charge < -0.3 is 14.2 Å². The van der Waals surface area contributed by atoms with Crippen molar-refractivity contribution < 1.29 is 32.2 Å². The number of ether oxygens (including phenoxy) is 3. The Morgan fingerprint density at radius 1 is 1.29 bits per heavy atom. The molecule has 0 bridgehead atoms. The maximum atomic E-state index is 13.2. The fraction of sp³-hybridized carbons (Fsp3) is 0.917. The highest BCUT2D eigenvalue weighted by Crippen LogP contribution is 2.38. The van der Waals surface area contributed by atoms with E-state index in [1.54, 1.807) is 0 Å². The van der Waals surface area contributed by atoms with Gasteiger partial charge in [0.1, 0.15) is 0 Å². The van der Waals surface area contributed by atoms with E-state index in [9.17, 15) is 18.0 Å². The number of rotatable bonds is 3. The van der Waals surface area contributed by atoms with Gasteiger partial charge >= 0.3 is 6.18 Å². The molecule has 2 atom stereocenters. The van der Waals surface area contributed by atoms with Gasteiger partial charge in [-0.25, -0.2) is 0 Å². The Kier molecular flexibility index (Phi) is 4.76. The first kappa shape index (κ1) is 16.5. The Morgan fingerprint density at radius 3 is 2.43 bits per heavy atom. The van der Waals surface area contributed by atoms with Gasteiger partial charge in [-0.15, -0.1) is 0 Å². The molecule has 2 rings (SSSR count). The minimum absolute atomic E-state index is 0.118. The van der Waals surface area contributed by atoms with Crippen LogP contribution in [0.3, 0.4) is 0 Å². The van der Waals surface area contributed by atoms with Crippen LogP contribution >= 0.6 is 0 Å². The zero-order valence-corrected chi connectivity index (χ0v) is 11.9. The van der Waals surface area contributed by atoms with Crippen molar-refractivity contribution in [2.75, 3.05) is 26.4 Å². The molecule has 21 heavy (non-hydrogen) atoms. The molecule has 0 radical (unpaired) electrons. The van der Waals surface area contributed by atoms with Crippen molar-refractivity contribution >= 4 is 5.91 Å². The standard InChI is InChI=1S/C12H19F3N2O4/c1-8(18)16-17(11(2)20-5-6-21-11)10-3-4-19-7-9(10)12(13,14)15/h9-10H,3-7H2,1-2H3,(H,16,18). The van der Waals surface area contributed by atoms with Gasteiger partial charge in [-0.1, -0.05) is 0 Å². The molecular weight excluding hydrogens is 293 g/mol. The van der Waals surface area contributed by atoms with E-state index >= 15 is 0 Å². The molecule has 9 heteroatoms. The summed E-state index contributed by atoms with van der Waals surface area (Å²) in [5.41, 5.74) is 2.42. The summed E-state index contributed by atoms with van der Waals surface area (Å²) in [6, 6.07) is -1.01. The molecule has 0 aliphatic carbocycles. The SMILES string of the molecule is CC(=O)NN(C1CCOCC1C(F)(F)F)C1(C)OCCO1. The first-order valence-electron chi connectivity index (χ1n) is 6.73. The van der Waals surface area contributed by atoms with Crippen LogP contribution in [-0.4, -0.2) is 55.5 Å². The molecule has 0 saturated carbocycles. The largest absolute Gasteiger partial charge is 0.395 e. The van der Waals surface area contributed by atoms with Crippen LogP contribution in [0.5, 0.6) is 0 Å². The number of carbonyl (C=O) groups is 1. The van der Waals surface area contributed by atoms with Crippen molar-refractivity contribution in [3.8, 4) is 0 Å². The van der Waals surface area contributed by atoms with Crippen LogP contribution in [0.2, 0.25) is 0 Å². The average Bonchev–Trinajstić information content (AvgIpc) is 2.83. The summed E-state index contributed by atoms with van der Waals surface area (Å²) in [6.07, 6.45) is -4.32. The fourth-order valence-electron chi connectivity index (χ4n) is 2.65. The molecule has 0 aromatic rings. The highest BCUT2D eigenvalue weighted by Gasteiger charge is 2.53. The van der Waals surface area contributed by atoms with Crippen molar-refractivity contribution in [1.29, 1.82) is 0 Å². The summed E-state index contributed by atoms with van der Waals surface area (Å²) >= 11 is 0. The Labute approximate surface area is 120 Å². The lowest BCUT2D eigenvalue weighted by atomic mass is 9.94. The van der Waals surface area contributed by atoms with Gasteiger partial charge in [-0.2, -0.15) is 18.2 Å². The lowest BCUT2D eigenvalue weighted by Crippen LogP contribution is -2.65. The molecule has 6 nitrogen and oxygen atoms in total. The van der Waals surface area contributed by atoms with E-state index in [1.807, 2.05) is 0 Å². The Balaban J connectivity index is 2.27. The van der Waals surface area contributed by atoms with Gasteiger partial charge in [0.05, 0.1) is 31.8 Å². The summed E-state index contributed by atoms with van der Waals surface area (Å²) in [7, 11) is 0. The minimum Gasteiger partial charge on any atom is -0.381 e. The Bertz CT molecular complexity index is 385. The van der Waals surface area contributed by atoms with Gasteiger partial charge in [-0.3, -0.25) is 10.2 Å². The van der Waals surface area contributed by atoms with Crippen LogP contribution in [-0.2, 0) is 19.0 Å².